The molecule has 5 N–H and O–H groups in total. The number of carbonyl (C=O) groups excluding carboxylic acids is 1. The van der Waals surface area contributed by atoms with Gasteiger partial charge in [0.25, 0.3) is 5.91 Å². The number of hydrogen-bond donors (Lipinski definition) is 4. The summed E-state index contributed by atoms with van der Waals surface area (Å²) in [6.07, 6.45) is -4.85. The summed E-state index contributed by atoms with van der Waals surface area (Å²) in [7, 11) is 0. The molecule has 3 rings (SSSR count). The van der Waals surface area contributed by atoms with Crippen molar-refractivity contribution >= 4 is 5.91 Å². The molecular weight excluding hydrogens is 340 g/mol. The Kier molecular flexibility index (Phi) is 5.01. The van der Waals surface area contributed by atoms with E-state index in [1.807, 2.05) is 31.2 Å². The highest BCUT2D eigenvalue weighted by atomic mass is 16.6. The summed E-state index contributed by atoms with van der Waals surface area (Å²) < 4.78 is 6.50. The number of aliphatic hydroxyl groups is 3. The maximum atomic E-state index is 11.6. The van der Waals surface area contributed by atoms with E-state index in [4.69, 9.17) is 10.5 Å². The van der Waals surface area contributed by atoms with E-state index in [1.165, 1.54) is 0 Å². The summed E-state index contributed by atoms with van der Waals surface area (Å²) in [6.45, 7) is 1.46. The maximum Gasteiger partial charge on any atom is 0.272 e. The predicted octanol–water partition coefficient (Wildman–Crippen LogP) is -1.30. The molecular formula is C17H18N4O5. The van der Waals surface area contributed by atoms with Crippen LogP contribution in [0, 0.1) is 18.8 Å². The number of hydrogen-bond acceptors (Lipinski definition) is 7. The van der Waals surface area contributed by atoms with Crippen LogP contribution in [-0.4, -0.2) is 61.1 Å². The number of carbonyl (C=O) groups is 1. The zero-order valence-corrected chi connectivity index (χ0v) is 13.9. The highest BCUT2D eigenvalue weighted by Crippen LogP contribution is 2.29. The van der Waals surface area contributed by atoms with Crippen LogP contribution in [0.15, 0.2) is 24.3 Å². The first kappa shape index (κ1) is 18.0. The Labute approximate surface area is 149 Å². The Morgan fingerprint density at radius 3 is 2.54 bits per heavy atom. The van der Waals surface area contributed by atoms with Crippen molar-refractivity contribution in [2.24, 2.45) is 5.73 Å². The number of nitrogens with zero attached hydrogens (tertiary/aromatic N) is 3. The Morgan fingerprint density at radius 1 is 1.27 bits per heavy atom. The summed E-state index contributed by atoms with van der Waals surface area (Å²) in [6, 6.07) is 7.40. The number of ether oxygens (including phenoxy) is 1. The number of primary amides is 1. The third kappa shape index (κ3) is 3.31. The minimum Gasteiger partial charge on any atom is -0.394 e. The standard InChI is InChI=1S/C17H18N4O5/c1-9-2-4-10(5-3-9)6-7-11-13(16(18)25)19-20-21(11)17-15(24)14(23)12(8-22)26-17/h2-5,12,14-15,17,22-24H,8H2,1H3,(H2,18,25)/t12-,14-,15-,17-/m1/s1. The van der Waals surface area contributed by atoms with Gasteiger partial charge in [-0.2, -0.15) is 0 Å². The Balaban J connectivity index is 2.01. The lowest BCUT2D eigenvalue weighted by atomic mass is 10.1. The third-order valence-corrected chi connectivity index (χ3v) is 4.06. The van der Waals surface area contributed by atoms with Crippen LogP contribution in [0.1, 0.15) is 33.5 Å². The van der Waals surface area contributed by atoms with Crippen molar-refractivity contribution in [3.63, 3.8) is 0 Å². The molecule has 136 valence electrons. The van der Waals surface area contributed by atoms with Gasteiger partial charge in [0, 0.05) is 5.56 Å². The predicted molar refractivity (Wildman–Crippen MR) is 88.7 cm³/mol. The highest BCUT2D eigenvalue weighted by Gasteiger charge is 2.45. The van der Waals surface area contributed by atoms with Crippen LogP contribution in [0.3, 0.4) is 0 Å². The summed E-state index contributed by atoms with van der Waals surface area (Å²) in [5.74, 6) is 4.82. The van der Waals surface area contributed by atoms with E-state index in [0.717, 1.165) is 10.2 Å². The first-order valence-electron chi connectivity index (χ1n) is 7.88. The molecule has 9 nitrogen and oxygen atoms in total. The molecule has 26 heavy (non-hydrogen) atoms. The lowest BCUT2D eigenvalue weighted by Crippen LogP contribution is -2.33. The van der Waals surface area contributed by atoms with Gasteiger partial charge in [-0.15, -0.1) is 5.10 Å². The van der Waals surface area contributed by atoms with Gasteiger partial charge in [-0.1, -0.05) is 28.8 Å². The van der Waals surface area contributed by atoms with Crippen molar-refractivity contribution in [1.82, 2.24) is 15.0 Å². The van der Waals surface area contributed by atoms with Crippen molar-refractivity contribution in [3.8, 4) is 11.8 Å². The number of aryl methyl sites for hydroxylation is 1. The van der Waals surface area contributed by atoms with E-state index < -0.39 is 37.1 Å². The molecule has 2 heterocycles. The topological polar surface area (TPSA) is 144 Å². The zero-order valence-electron chi connectivity index (χ0n) is 13.9. The molecule has 0 aliphatic carbocycles. The van der Waals surface area contributed by atoms with Crippen LogP contribution in [0.5, 0.6) is 0 Å². The SMILES string of the molecule is Cc1ccc(C#Cc2c(C(N)=O)nnn2[C@@H]2O[C@H](CO)[C@@H](O)[C@H]2O)cc1. The number of nitrogens with two attached hydrogens (primary N) is 1. The molecule has 1 aromatic heterocycles. The Morgan fingerprint density at radius 2 is 1.96 bits per heavy atom. The molecule has 1 saturated heterocycles. The van der Waals surface area contributed by atoms with E-state index in [1.54, 1.807) is 0 Å². The summed E-state index contributed by atoms with van der Waals surface area (Å²) in [5, 5.41) is 36.8. The largest absolute Gasteiger partial charge is 0.394 e. The normalized spacial score (nSPS) is 24.9. The van der Waals surface area contributed by atoms with Gasteiger partial charge in [-0.25, -0.2) is 4.68 Å². The molecule has 0 bridgehead atoms. The fourth-order valence-corrected chi connectivity index (χ4v) is 2.60. The average Bonchev–Trinajstić information content (AvgIpc) is 3.16. The molecule has 0 unspecified atom stereocenters. The molecule has 1 aliphatic heterocycles. The minimum atomic E-state index is -1.38. The molecule has 2 aromatic rings. The van der Waals surface area contributed by atoms with Crippen molar-refractivity contribution < 1.29 is 24.9 Å². The fourth-order valence-electron chi connectivity index (χ4n) is 2.60. The van der Waals surface area contributed by atoms with Gasteiger partial charge in [0.05, 0.1) is 6.61 Å². The van der Waals surface area contributed by atoms with Crippen molar-refractivity contribution in [3.05, 3.63) is 46.8 Å². The second kappa shape index (κ2) is 7.23. The lowest BCUT2D eigenvalue weighted by molar-refractivity contribution is -0.0597. The van der Waals surface area contributed by atoms with Gasteiger partial charge in [0.1, 0.15) is 24.0 Å². The van der Waals surface area contributed by atoms with Crippen LogP contribution in [0.25, 0.3) is 0 Å². The number of aliphatic hydroxyl groups excluding tert-OH is 3. The van der Waals surface area contributed by atoms with E-state index in [0.29, 0.717) is 5.56 Å². The average molecular weight is 358 g/mol. The van der Waals surface area contributed by atoms with E-state index in [9.17, 15) is 20.1 Å². The molecule has 1 amide bonds. The smallest absolute Gasteiger partial charge is 0.272 e. The Hall–Kier alpha value is -2.77. The first-order chi connectivity index (χ1) is 12.4. The monoisotopic (exact) mass is 358 g/mol. The van der Waals surface area contributed by atoms with E-state index in [-0.39, 0.29) is 11.4 Å². The summed E-state index contributed by atoms with van der Waals surface area (Å²) >= 11 is 0. The van der Waals surface area contributed by atoms with Gasteiger partial charge < -0.3 is 25.8 Å². The van der Waals surface area contributed by atoms with Crippen LogP contribution >= 0.6 is 0 Å². The zero-order chi connectivity index (χ0) is 18.8. The number of amides is 1. The van der Waals surface area contributed by atoms with Crippen LogP contribution in [-0.2, 0) is 4.74 Å². The van der Waals surface area contributed by atoms with Crippen molar-refractivity contribution in [2.75, 3.05) is 6.61 Å². The quantitative estimate of drug-likeness (QED) is 0.499. The second-order valence-electron chi connectivity index (χ2n) is 5.94. The lowest BCUT2D eigenvalue weighted by Gasteiger charge is -2.15. The van der Waals surface area contributed by atoms with Crippen molar-refractivity contribution in [1.29, 1.82) is 0 Å². The molecule has 0 spiro atoms. The van der Waals surface area contributed by atoms with Gasteiger partial charge in [0.2, 0.25) is 0 Å². The fraction of sp³-hybridized carbons (Fsp3) is 0.353. The molecule has 1 aliphatic rings. The summed E-state index contributed by atoms with van der Waals surface area (Å²) in [4.78, 5) is 11.6. The minimum absolute atomic E-state index is 0.0490. The molecule has 0 saturated carbocycles. The number of aromatic nitrogens is 3. The first-order valence-corrected chi connectivity index (χ1v) is 7.88. The number of rotatable bonds is 3. The van der Waals surface area contributed by atoms with Gasteiger partial charge in [0.15, 0.2) is 11.9 Å². The van der Waals surface area contributed by atoms with E-state index in [2.05, 4.69) is 22.2 Å². The summed E-state index contributed by atoms with van der Waals surface area (Å²) in [5.41, 5.74) is 6.96. The van der Waals surface area contributed by atoms with E-state index >= 15 is 0 Å². The Bertz CT molecular complexity index is 868. The highest BCUT2D eigenvalue weighted by molar-refractivity contribution is 5.92. The van der Waals surface area contributed by atoms with Crippen LogP contribution in [0.2, 0.25) is 0 Å². The van der Waals surface area contributed by atoms with Crippen LogP contribution < -0.4 is 5.73 Å². The van der Waals surface area contributed by atoms with Crippen molar-refractivity contribution in [2.45, 2.75) is 31.5 Å². The molecule has 9 heteroatoms. The third-order valence-electron chi connectivity index (χ3n) is 4.06. The number of benzene rings is 1. The molecule has 1 aromatic carbocycles. The maximum absolute atomic E-state index is 11.6. The van der Waals surface area contributed by atoms with Gasteiger partial charge >= 0.3 is 0 Å². The van der Waals surface area contributed by atoms with Gasteiger partial charge in [-0.3, -0.25) is 4.79 Å². The van der Waals surface area contributed by atoms with Crippen LogP contribution in [0.4, 0.5) is 0 Å². The molecule has 0 radical (unpaired) electrons. The van der Waals surface area contributed by atoms with Gasteiger partial charge in [-0.05, 0) is 25.0 Å². The molecule has 4 atom stereocenters. The second-order valence-corrected chi connectivity index (χ2v) is 5.94. The molecule has 1 fully saturated rings.